The first-order valence-corrected chi connectivity index (χ1v) is 7.95. The molecule has 120 valence electrons. The standard InChI is InChI=1S/C18H17N5O/c1-22-11-6-12-23(18(24)15-9-4-5-10-19-15)17-16(22)20-13-7-2-3-8-14(13)21-17/h2-5,7-10H,6,11-12H2,1H3. The molecule has 6 heteroatoms. The number of pyridine rings is 1. The van der Waals surface area contributed by atoms with Gasteiger partial charge in [0, 0.05) is 26.3 Å². The van der Waals surface area contributed by atoms with Crippen LogP contribution < -0.4 is 9.80 Å². The maximum absolute atomic E-state index is 12.9. The maximum atomic E-state index is 12.9. The summed E-state index contributed by atoms with van der Waals surface area (Å²) in [4.78, 5) is 30.3. The van der Waals surface area contributed by atoms with E-state index in [1.54, 1.807) is 23.2 Å². The van der Waals surface area contributed by atoms with E-state index in [9.17, 15) is 4.79 Å². The van der Waals surface area contributed by atoms with Gasteiger partial charge in [0.25, 0.3) is 5.91 Å². The zero-order valence-corrected chi connectivity index (χ0v) is 13.4. The van der Waals surface area contributed by atoms with Gasteiger partial charge in [0.1, 0.15) is 5.69 Å². The number of rotatable bonds is 1. The minimum atomic E-state index is -0.142. The van der Waals surface area contributed by atoms with Gasteiger partial charge in [-0.25, -0.2) is 9.97 Å². The predicted molar refractivity (Wildman–Crippen MR) is 93.3 cm³/mol. The van der Waals surface area contributed by atoms with Crippen molar-refractivity contribution in [2.75, 3.05) is 29.9 Å². The van der Waals surface area contributed by atoms with E-state index in [1.807, 2.05) is 37.4 Å². The average molecular weight is 319 g/mol. The van der Waals surface area contributed by atoms with Gasteiger partial charge >= 0.3 is 0 Å². The summed E-state index contributed by atoms with van der Waals surface area (Å²) in [5, 5.41) is 0. The molecule has 0 spiro atoms. The van der Waals surface area contributed by atoms with Gasteiger partial charge in [0.2, 0.25) is 0 Å². The first-order chi connectivity index (χ1) is 11.7. The van der Waals surface area contributed by atoms with Gasteiger partial charge in [-0.1, -0.05) is 18.2 Å². The van der Waals surface area contributed by atoms with Gasteiger partial charge in [-0.3, -0.25) is 14.7 Å². The summed E-state index contributed by atoms with van der Waals surface area (Å²) in [6.45, 7) is 1.42. The van der Waals surface area contributed by atoms with Gasteiger partial charge in [-0.05, 0) is 30.7 Å². The fourth-order valence-electron chi connectivity index (χ4n) is 2.92. The van der Waals surface area contributed by atoms with Crippen LogP contribution in [-0.2, 0) is 0 Å². The molecule has 3 aromatic rings. The Kier molecular flexibility index (Phi) is 3.57. The maximum Gasteiger partial charge on any atom is 0.278 e. The highest BCUT2D eigenvalue weighted by Gasteiger charge is 2.27. The Balaban J connectivity index is 1.86. The number of carbonyl (C=O) groups excluding carboxylic acids is 1. The van der Waals surface area contributed by atoms with Crippen LogP contribution >= 0.6 is 0 Å². The number of carbonyl (C=O) groups is 1. The largest absolute Gasteiger partial charge is 0.357 e. The van der Waals surface area contributed by atoms with E-state index in [2.05, 4.69) is 9.88 Å². The number of nitrogens with zero attached hydrogens (tertiary/aromatic N) is 5. The van der Waals surface area contributed by atoms with E-state index < -0.39 is 0 Å². The average Bonchev–Trinajstić information content (AvgIpc) is 2.79. The highest BCUT2D eigenvalue weighted by Crippen LogP contribution is 2.30. The van der Waals surface area contributed by atoms with Crippen molar-refractivity contribution >= 4 is 28.6 Å². The van der Waals surface area contributed by atoms with E-state index in [0.29, 0.717) is 18.1 Å². The lowest BCUT2D eigenvalue weighted by atomic mass is 10.2. The van der Waals surface area contributed by atoms with E-state index in [0.717, 1.165) is 29.8 Å². The van der Waals surface area contributed by atoms with Crippen molar-refractivity contribution in [3.63, 3.8) is 0 Å². The zero-order valence-electron chi connectivity index (χ0n) is 13.4. The summed E-state index contributed by atoms with van der Waals surface area (Å²) in [5.74, 6) is 1.19. The Morgan fingerprint density at radius 1 is 0.958 bits per heavy atom. The van der Waals surface area contributed by atoms with E-state index >= 15 is 0 Å². The number of hydrogen-bond acceptors (Lipinski definition) is 5. The summed E-state index contributed by atoms with van der Waals surface area (Å²) >= 11 is 0. The van der Waals surface area contributed by atoms with Crippen LogP contribution in [0.4, 0.5) is 11.6 Å². The van der Waals surface area contributed by atoms with Crippen LogP contribution in [0.25, 0.3) is 11.0 Å². The van der Waals surface area contributed by atoms with Crippen molar-refractivity contribution in [3.05, 3.63) is 54.4 Å². The summed E-state index contributed by atoms with van der Waals surface area (Å²) in [6, 6.07) is 13.1. The van der Waals surface area contributed by atoms with Crippen molar-refractivity contribution < 1.29 is 4.79 Å². The molecular formula is C18H17N5O. The van der Waals surface area contributed by atoms with Crippen LogP contribution in [0.15, 0.2) is 48.7 Å². The number of benzene rings is 1. The third kappa shape index (κ3) is 2.46. The normalized spacial score (nSPS) is 14.4. The first kappa shape index (κ1) is 14.6. The van der Waals surface area contributed by atoms with Crippen LogP contribution in [0.3, 0.4) is 0 Å². The smallest absolute Gasteiger partial charge is 0.278 e. The summed E-state index contributed by atoms with van der Waals surface area (Å²) in [6.07, 6.45) is 2.48. The van der Waals surface area contributed by atoms with Crippen molar-refractivity contribution in [2.45, 2.75) is 6.42 Å². The Morgan fingerprint density at radius 2 is 1.67 bits per heavy atom. The number of aromatic nitrogens is 3. The van der Waals surface area contributed by atoms with Crippen LogP contribution in [0.5, 0.6) is 0 Å². The lowest BCUT2D eigenvalue weighted by molar-refractivity contribution is 0.0982. The number of amides is 1. The lowest BCUT2D eigenvalue weighted by Gasteiger charge is -2.22. The number of hydrogen-bond donors (Lipinski definition) is 0. The molecule has 1 aliphatic rings. The molecule has 1 aromatic carbocycles. The second-order valence-electron chi connectivity index (χ2n) is 5.81. The van der Waals surface area contributed by atoms with Crippen molar-refractivity contribution in [1.29, 1.82) is 0 Å². The highest BCUT2D eigenvalue weighted by molar-refractivity contribution is 6.06. The first-order valence-electron chi connectivity index (χ1n) is 7.95. The molecule has 0 fully saturated rings. The minimum Gasteiger partial charge on any atom is -0.357 e. The molecule has 3 heterocycles. The van der Waals surface area contributed by atoms with Gasteiger partial charge in [0.05, 0.1) is 11.0 Å². The SMILES string of the molecule is CN1CCCN(C(=O)c2ccccn2)c2nc3ccccc3nc21. The topological polar surface area (TPSA) is 62.2 Å². The second-order valence-corrected chi connectivity index (χ2v) is 5.81. The molecule has 0 saturated carbocycles. The summed E-state index contributed by atoms with van der Waals surface area (Å²) in [7, 11) is 1.98. The van der Waals surface area contributed by atoms with Gasteiger partial charge in [-0.2, -0.15) is 0 Å². The Bertz CT molecular complexity index is 896. The number of para-hydroxylation sites is 2. The molecule has 1 aliphatic heterocycles. The quantitative estimate of drug-likeness (QED) is 0.689. The monoisotopic (exact) mass is 319 g/mol. The molecule has 6 nitrogen and oxygen atoms in total. The predicted octanol–water partition coefficient (Wildman–Crippen LogP) is 2.51. The minimum absolute atomic E-state index is 0.142. The van der Waals surface area contributed by atoms with Gasteiger partial charge in [0.15, 0.2) is 11.6 Å². The van der Waals surface area contributed by atoms with Gasteiger partial charge in [-0.15, -0.1) is 0 Å². The van der Waals surface area contributed by atoms with Crippen molar-refractivity contribution in [2.24, 2.45) is 0 Å². The highest BCUT2D eigenvalue weighted by atomic mass is 16.2. The van der Waals surface area contributed by atoms with E-state index in [1.165, 1.54) is 0 Å². The Morgan fingerprint density at radius 3 is 2.38 bits per heavy atom. The Hall–Kier alpha value is -3.02. The second kappa shape index (κ2) is 5.88. The molecule has 0 atom stereocenters. The number of fused-ring (bicyclic) bond motifs is 2. The zero-order chi connectivity index (χ0) is 16.5. The lowest BCUT2D eigenvalue weighted by Crippen LogP contribution is -2.33. The van der Waals surface area contributed by atoms with Crippen molar-refractivity contribution in [3.8, 4) is 0 Å². The Labute approximate surface area is 139 Å². The van der Waals surface area contributed by atoms with Crippen LogP contribution in [0, 0.1) is 0 Å². The fourth-order valence-corrected chi connectivity index (χ4v) is 2.92. The summed E-state index contributed by atoms with van der Waals surface area (Å²) < 4.78 is 0. The third-order valence-electron chi connectivity index (χ3n) is 4.16. The van der Waals surface area contributed by atoms with E-state index in [4.69, 9.17) is 9.97 Å². The third-order valence-corrected chi connectivity index (χ3v) is 4.16. The molecule has 0 radical (unpaired) electrons. The fraction of sp³-hybridized carbons (Fsp3) is 0.222. The van der Waals surface area contributed by atoms with Crippen molar-refractivity contribution in [1.82, 2.24) is 15.0 Å². The molecule has 0 bridgehead atoms. The van der Waals surface area contributed by atoms with Gasteiger partial charge < -0.3 is 4.90 Å². The molecule has 0 unspecified atom stereocenters. The van der Waals surface area contributed by atoms with E-state index in [-0.39, 0.29) is 5.91 Å². The molecule has 1 amide bonds. The molecule has 2 aromatic heterocycles. The van der Waals surface area contributed by atoms with Crippen LogP contribution in [-0.4, -0.2) is 41.0 Å². The molecule has 0 N–H and O–H groups in total. The molecular weight excluding hydrogens is 302 g/mol. The van der Waals surface area contributed by atoms with Crippen LogP contribution in [0.1, 0.15) is 16.9 Å². The molecule has 24 heavy (non-hydrogen) atoms. The van der Waals surface area contributed by atoms with Crippen LogP contribution in [0.2, 0.25) is 0 Å². The summed E-state index contributed by atoms with van der Waals surface area (Å²) in [5.41, 5.74) is 2.03. The number of anilines is 2. The molecule has 4 rings (SSSR count). The molecule has 0 saturated heterocycles. The molecule has 0 aliphatic carbocycles.